The van der Waals surface area contributed by atoms with Crippen LogP contribution in [0.2, 0.25) is 0 Å². The molecular formula is C17H19N3OS. The van der Waals surface area contributed by atoms with Gasteiger partial charge in [0.2, 0.25) is 0 Å². The number of aryl methyl sites for hydroxylation is 3. The Labute approximate surface area is 133 Å². The molecule has 0 spiro atoms. The molecule has 4 nitrogen and oxygen atoms in total. The molecule has 0 aliphatic carbocycles. The highest BCUT2D eigenvalue weighted by Gasteiger charge is 2.15. The van der Waals surface area contributed by atoms with Crippen LogP contribution in [0.1, 0.15) is 34.8 Å². The number of anilines is 1. The highest BCUT2D eigenvalue weighted by atomic mass is 32.1. The monoisotopic (exact) mass is 313 g/mol. The summed E-state index contributed by atoms with van der Waals surface area (Å²) in [5, 5.41) is 4.10. The van der Waals surface area contributed by atoms with E-state index < -0.39 is 0 Å². The first-order valence-corrected chi connectivity index (χ1v) is 8.10. The number of rotatable bonds is 3. The van der Waals surface area contributed by atoms with Crippen LogP contribution in [0.25, 0.3) is 10.2 Å². The quantitative estimate of drug-likeness (QED) is 0.766. The fourth-order valence-electron chi connectivity index (χ4n) is 2.53. The Morgan fingerprint density at radius 1 is 1.27 bits per heavy atom. The number of thiophene rings is 1. The van der Waals surface area contributed by atoms with Crippen LogP contribution in [0.5, 0.6) is 0 Å². The Morgan fingerprint density at radius 2 is 2.05 bits per heavy atom. The number of aromatic nitrogens is 2. The molecule has 0 bridgehead atoms. The van der Waals surface area contributed by atoms with Gasteiger partial charge in [-0.2, -0.15) is 0 Å². The van der Waals surface area contributed by atoms with Gasteiger partial charge in [-0.25, -0.2) is 4.98 Å². The van der Waals surface area contributed by atoms with Gasteiger partial charge in [-0.3, -0.25) is 4.79 Å². The van der Waals surface area contributed by atoms with Crippen molar-refractivity contribution in [2.75, 3.05) is 5.32 Å². The SMILES string of the molecule is Cc1cccc(N[C@@H](C)c2nc3sc(C)c(C)c3c(=O)[nH]2)c1. The molecule has 1 aromatic carbocycles. The fourth-order valence-corrected chi connectivity index (χ4v) is 3.57. The van der Waals surface area contributed by atoms with E-state index in [-0.39, 0.29) is 11.6 Å². The van der Waals surface area contributed by atoms with Gasteiger partial charge in [-0.15, -0.1) is 11.3 Å². The smallest absolute Gasteiger partial charge is 0.259 e. The van der Waals surface area contributed by atoms with E-state index in [1.807, 2.05) is 32.9 Å². The second-order valence-electron chi connectivity index (χ2n) is 5.65. The first-order chi connectivity index (χ1) is 10.5. The molecule has 2 aromatic heterocycles. The number of benzene rings is 1. The van der Waals surface area contributed by atoms with Crippen LogP contribution in [0.15, 0.2) is 29.1 Å². The first kappa shape index (κ1) is 14.8. The summed E-state index contributed by atoms with van der Waals surface area (Å²) in [6.45, 7) is 8.05. The zero-order valence-electron chi connectivity index (χ0n) is 13.2. The molecule has 2 heterocycles. The standard InChI is InChI=1S/C17H19N3OS/c1-9-6-5-7-13(8-9)18-11(3)15-19-16(21)14-10(2)12(4)22-17(14)20-15/h5-8,11,18H,1-4H3,(H,19,20,21)/t11-/m0/s1. The van der Waals surface area contributed by atoms with E-state index in [2.05, 4.69) is 34.3 Å². The van der Waals surface area contributed by atoms with E-state index in [4.69, 9.17) is 0 Å². The average Bonchev–Trinajstić information content (AvgIpc) is 2.74. The molecule has 114 valence electrons. The zero-order valence-corrected chi connectivity index (χ0v) is 14.0. The highest BCUT2D eigenvalue weighted by molar-refractivity contribution is 7.18. The van der Waals surface area contributed by atoms with Crippen LogP contribution in [-0.4, -0.2) is 9.97 Å². The van der Waals surface area contributed by atoms with Gasteiger partial charge in [0.05, 0.1) is 11.4 Å². The van der Waals surface area contributed by atoms with Crippen molar-refractivity contribution in [3.63, 3.8) is 0 Å². The van der Waals surface area contributed by atoms with Crippen LogP contribution in [-0.2, 0) is 0 Å². The molecule has 0 saturated carbocycles. The molecule has 2 N–H and O–H groups in total. The Bertz CT molecular complexity index is 895. The van der Waals surface area contributed by atoms with Gasteiger partial charge in [-0.1, -0.05) is 12.1 Å². The lowest BCUT2D eigenvalue weighted by Gasteiger charge is -2.15. The number of hydrogen-bond acceptors (Lipinski definition) is 4. The van der Waals surface area contributed by atoms with E-state index in [1.165, 1.54) is 5.56 Å². The van der Waals surface area contributed by atoms with Gasteiger partial charge < -0.3 is 10.3 Å². The molecule has 0 unspecified atom stereocenters. The summed E-state index contributed by atoms with van der Waals surface area (Å²) in [6, 6.07) is 8.09. The molecule has 1 atom stereocenters. The summed E-state index contributed by atoms with van der Waals surface area (Å²) in [5.41, 5.74) is 3.19. The Kier molecular flexibility index (Phi) is 3.74. The van der Waals surface area contributed by atoms with E-state index in [0.29, 0.717) is 11.2 Å². The predicted molar refractivity (Wildman–Crippen MR) is 92.9 cm³/mol. The van der Waals surface area contributed by atoms with Crippen LogP contribution >= 0.6 is 11.3 Å². The van der Waals surface area contributed by atoms with Crippen LogP contribution in [0.4, 0.5) is 5.69 Å². The van der Waals surface area contributed by atoms with Crippen molar-refractivity contribution < 1.29 is 0 Å². The van der Waals surface area contributed by atoms with Gasteiger partial charge in [0.25, 0.3) is 5.56 Å². The third-order valence-electron chi connectivity index (χ3n) is 3.87. The predicted octanol–water partition coefficient (Wildman–Crippen LogP) is 4.08. The molecule has 0 radical (unpaired) electrons. The van der Waals surface area contributed by atoms with Crippen LogP contribution < -0.4 is 10.9 Å². The molecule has 3 rings (SSSR count). The molecule has 22 heavy (non-hydrogen) atoms. The summed E-state index contributed by atoms with van der Waals surface area (Å²) in [4.78, 5) is 21.8. The third-order valence-corrected chi connectivity index (χ3v) is 4.97. The number of H-pyrrole nitrogens is 1. The number of fused-ring (bicyclic) bond motifs is 1. The lowest BCUT2D eigenvalue weighted by Crippen LogP contribution is -2.17. The maximum atomic E-state index is 12.3. The summed E-state index contributed by atoms with van der Waals surface area (Å²) < 4.78 is 0. The van der Waals surface area contributed by atoms with E-state index >= 15 is 0 Å². The van der Waals surface area contributed by atoms with Crippen molar-refractivity contribution in [1.29, 1.82) is 0 Å². The lowest BCUT2D eigenvalue weighted by atomic mass is 10.2. The number of nitrogens with zero attached hydrogens (tertiary/aromatic N) is 1. The van der Waals surface area contributed by atoms with Crippen molar-refractivity contribution in [1.82, 2.24) is 9.97 Å². The Hall–Kier alpha value is -2.14. The summed E-state index contributed by atoms with van der Waals surface area (Å²) in [5.74, 6) is 0.667. The third kappa shape index (κ3) is 2.64. The van der Waals surface area contributed by atoms with Crippen molar-refractivity contribution >= 4 is 27.2 Å². The molecule has 3 aromatic rings. The average molecular weight is 313 g/mol. The number of nitrogens with one attached hydrogen (secondary N) is 2. The van der Waals surface area contributed by atoms with Gasteiger partial charge in [0.1, 0.15) is 10.7 Å². The second-order valence-corrected chi connectivity index (χ2v) is 6.85. The van der Waals surface area contributed by atoms with Crippen molar-refractivity contribution in [3.8, 4) is 0 Å². The van der Waals surface area contributed by atoms with E-state index in [0.717, 1.165) is 21.0 Å². The zero-order chi connectivity index (χ0) is 15.9. The number of aromatic amines is 1. The molecule has 0 saturated heterocycles. The maximum Gasteiger partial charge on any atom is 0.259 e. The molecular weight excluding hydrogens is 294 g/mol. The van der Waals surface area contributed by atoms with Gasteiger partial charge in [0.15, 0.2) is 0 Å². The van der Waals surface area contributed by atoms with Gasteiger partial charge in [-0.05, 0) is 51.0 Å². The largest absolute Gasteiger partial charge is 0.375 e. The first-order valence-electron chi connectivity index (χ1n) is 7.29. The Morgan fingerprint density at radius 3 is 2.77 bits per heavy atom. The van der Waals surface area contributed by atoms with Crippen molar-refractivity contribution in [3.05, 3.63) is 56.4 Å². The van der Waals surface area contributed by atoms with Crippen LogP contribution in [0, 0.1) is 20.8 Å². The minimum atomic E-state index is -0.0680. The highest BCUT2D eigenvalue weighted by Crippen LogP contribution is 2.27. The molecule has 0 aliphatic heterocycles. The van der Waals surface area contributed by atoms with Crippen LogP contribution in [0.3, 0.4) is 0 Å². The van der Waals surface area contributed by atoms with Crippen molar-refractivity contribution in [2.24, 2.45) is 0 Å². The van der Waals surface area contributed by atoms with Gasteiger partial charge in [0, 0.05) is 10.6 Å². The normalized spacial score (nSPS) is 12.5. The molecule has 0 fully saturated rings. The fraction of sp³-hybridized carbons (Fsp3) is 0.294. The lowest BCUT2D eigenvalue weighted by molar-refractivity contribution is 0.792. The summed E-state index contributed by atoms with van der Waals surface area (Å²) >= 11 is 1.57. The minimum absolute atomic E-state index is 0.0558. The topological polar surface area (TPSA) is 57.8 Å². The Balaban J connectivity index is 1.97. The maximum absolute atomic E-state index is 12.3. The molecule has 0 aliphatic rings. The van der Waals surface area contributed by atoms with E-state index in [9.17, 15) is 4.79 Å². The molecule has 5 heteroatoms. The number of hydrogen-bond donors (Lipinski definition) is 2. The summed E-state index contributed by atoms with van der Waals surface area (Å²) in [6.07, 6.45) is 0. The van der Waals surface area contributed by atoms with E-state index in [1.54, 1.807) is 11.3 Å². The minimum Gasteiger partial charge on any atom is -0.375 e. The van der Waals surface area contributed by atoms with Crippen molar-refractivity contribution in [2.45, 2.75) is 33.7 Å². The summed E-state index contributed by atoms with van der Waals surface area (Å²) in [7, 11) is 0. The second kappa shape index (κ2) is 5.57. The van der Waals surface area contributed by atoms with Gasteiger partial charge >= 0.3 is 0 Å². The molecule has 0 amide bonds.